The van der Waals surface area contributed by atoms with Gasteiger partial charge in [0.2, 0.25) is 0 Å². The fourth-order valence-corrected chi connectivity index (χ4v) is 2.00. The number of aromatic amines is 1. The number of fused-ring (bicyclic) bond motifs is 1. The fraction of sp³-hybridized carbons (Fsp3) is 0.125. The molecule has 0 spiro atoms. The van der Waals surface area contributed by atoms with Crippen molar-refractivity contribution in [2.24, 2.45) is 0 Å². The van der Waals surface area contributed by atoms with Crippen LogP contribution in [0.15, 0.2) is 27.7 Å². The molecule has 1 aromatic heterocycles. The number of hydrogen-bond donors (Lipinski definition) is 1. The highest BCUT2D eigenvalue weighted by Crippen LogP contribution is 2.25. The number of nitrogens with one attached hydrogen (secondary N) is 1. The Labute approximate surface area is 82.9 Å². The Bertz CT molecular complexity index is 410. The lowest BCUT2D eigenvalue weighted by Gasteiger charge is -1.91. The van der Waals surface area contributed by atoms with E-state index in [1.54, 1.807) is 11.8 Å². The molecule has 0 saturated heterocycles. The first-order valence-electron chi connectivity index (χ1n) is 3.49. The van der Waals surface area contributed by atoms with Gasteiger partial charge in [-0.15, -0.1) is 11.8 Å². The highest BCUT2D eigenvalue weighted by Gasteiger charge is 2.03. The van der Waals surface area contributed by atoms with E-state index in [-0.39, 0.29) is 0 Å². The average molecular weight is 243 g/mol. The van der Waals surface area contributed by atoms with Gasteiger partial charge in [-0.3, -0.25) is 5.10 Å². The number of thioether (sulfide) groups is 1. The van der Waals surface area contributed by atoms with Crippen LogP contribution in [0.3, 0.4) is 0 Å². The fourth-order valence-electron chi connectivity index (χ4n) is 1.12. The van der Waals surface area contributed by atoms with Crippen LogP contribution in [0, 0.1) is 0 Å². The second-order valence-corrected chi connectivity index (χ2v) is 4.13. The molecular formula is C8H7BrN2S. The van der Waals surface area contributed by atoms with Gasteiger partial charge in [0.1, 0.15) is 5.03 Å². The summed E-state index contributed by atoms with van der Waals surface area (Å²) in [5, 5.41) is 9.37. The summed E-state index contributed by atoms with van der Waals surface area (Å²) >= 11 is 5.08. The summed E-state index contributed by atoms with van der Waals surface area (Å²) in [7, 11) is 0. The Morgan fingerprint density at radius 3 is 3.08 bits per heavy atom. The second-order valence-electron chi connectivity index (χ2n) is 2.42. The highest BCUT2D eigenvalue weighted by atomic mass is 79.9. The van der Waals surface area contributed by atoms with Gasteiger partial charge >= 0.3 is 0 Å². The van der Waals surface area contributed by atoms with Crippen LogP contribution in [0.4, 0.5) is 0 Å². The zero-order chi connectivity index (χ0) is 8.55. The van der Waals surface area contributed by atoms with Crippen LogP contribution in [0.5, 0.6) is 0 Å². The van der Waals surface area contributed by atoms with Crippen LogP contribution in [0.25, 0.3) is 10.9 Å². The van der Waals surface area contributed by atoms with Crippen molar-refractivity contribution < 1.29 is 0 Å². The monoisotopic (exact) mass is 242 g/mol. The summed E-state index contributed by atoms with van der Waals surface area (Å²) in [5.41, 5.74) is 1.09. The first-order chi connectivity index (χ1) is 5.81. The quantitative estimate of drug-likeness (QED) is 0.780. The van der Waals surface area contributed by atoms with Gasteiger partial charge in [0.05, 0.1) is 5.52 Å². The summed E-state index contributed by atoms with van der Waals surface area (Å²) in [6.07, 6.45) is 2.02. The molecule has 0 radical (unpaired) electrons. The number of H-pyrrole nitrogens is 1. The standard InChI is InChI=1S/C8H7BrN2S/c1-12-8-6-4-5(9)2-3-7(6)10-11-8/h2-4H,1H3,(H,10,11). The Morgan fingerprint density at radius 1 is 1.50 bits per heavy atom. The molecule has 0 aliphatic rings. The van der Waals surface area contributed by atoms with Crippen molar-refractivity contribution in [2.75, 3.05) is 6.26 Å². The Hall–Kier alpha value is -0.480. The topological polar surface area (TPSA) is 28.7 Å². The van der Waals surface area contributed by atoms with Gasteiger partial charge < -0.3 is 0 Å². The lowest BCUT2D eigenvalue weighted by atomic mass is 10.3. The predicted octanol–water partition coefficient (Wildman–Crippen LogP) is 3.05. The maximum Gasteiger partial charge on any atom is 0.126 e. The zero-order valence-electron chi connectivity index (χ0n) is 6.47. The summed E-state index contributed by atoms with van der Waals surface area (Å²) in [4.78, 5) is 0. The third kappa shape index (κ3) is 1.25. The molecule has 12 heavy (non-hydrogen) atoms. The van der Waals surface area contributed by atoms with E-state index in [9.17, 15) is 0 Å². The smallest absolute Gasteiger partial charge is 0.126 e. The number of benzene rings is 1. The molecule has 0 aliphatic carbocycles. The molecule has 0 aliphatic heterocycles. The van der Waals surface area contributed by atoms with Crippen molar-refractivity contribution in [3.05, 3.63) is 22.7 Å². The molecule has 0 fully saturated rings. The largest absolute Gasteiger partial charge is 0.277 e. The Kier molecular flexibility index (Phi) is 2.11. The minimum atomic E-state index is 1.05. The molecule has 1 heterocycles. The van der Waals surface area contributed by atoms with Gasteiger partial charge in [0, 0.05) is 9.86 Å². The van der Waals surface area contributed by atoms with Crippen LogP contribution in [-0.4, -0.2) is 16.5 Å². The SMILES string of the molecule is CSc1n[nH]c2ccc(Br)cc12. The van der Waals surface area contributed by atoms with E-state index in [1.807, 2.05) is 18.4 Å². The van der Waals surface area contributed by atoms with Gasteiger partial charge in [0.15, 0.2) is 0 Å². The average Bonchev–Trinajstić information content (AvgIpc) is 2.46. The van der Waals surface area contributed by atoms with Gasteiger partial charge in [0.25, 0.3) is 0 Å². The van der Waals surface area contributed by atoms with Crippen LogP contribution in [0.1, 0.15) is 0 Å². The Balaban J connectivity index is 2.75. The molecule has 0 bridgehead atoms. The van der Waals surface area contributed by atoms with Gasteiger partial charge in [-0.05, 0) is 24.5 Å². The maximum atomic E-state index is 4.17. The lowest BCUT2D eigenvalue weighted by Crippen LogP contribution is -1.69. The van der Waals surface area contributed by atoms with Gasteiger partial charge in [-0.2, -0.15) is 5.10 Å². The van der Waals surface area contributed by atoms with Gasteiger partial charge in [-0.1, -0.05) is 15.9 Å². The molecule has 2 aromatic rings. The second kappa shape index (κ2) is 3.11. The van der Waals surface area contributed by atoms with Crippen molar-refractivity contribution in [2.45, 2.75) is 5.03 Å². The molecule has 0 unspecified atom stereocenters. The Morgan fingerprint density at radius 2 is 2.33 bits per heavy atom. The number of aromatic nitrogens is 2. The van der Waals surface area contributed by atoms with E-state index in [0.717, 1.165) is 15.0 Å². The molecule has 0 saturated carbocycles. The molecule has 62 valence electrons. The van der Waals surface area contributed by atoms with E-state index in [1.165, 1.54) is 5.39 Å². The number of rotatable bonds is 1. The molecule has 0 amide bonds. The molecule has 1 N–H and O–H groups in total. The van der Waals surface area contributed by atoms with Crippen LogP contribution < -0.4 is 0 Å². The van der Waals surface area contributed by atoms with Crippen molar-refractivity contribution >= 4 is 38.6 Å². The minimum Gasteiger partial charge on any atom is -0.277 e. The first kappa shape index (κ1) is 8.13. The van der Waals surface area contributed by atoms with Crippen LogP contribution in [0.2, 0.25) is 0 Å². The summed E-state index contributed by atoms with van der Waals surface area (Å²) in [5.74, 6) is 0. The normalized spacial score (nSPS) is 10.8. The maximum absolute atomic E-state index is 4.17. The molecule has 0 atom stereocenters. The zero-order valence-corrected chi connectivity index (χ0v) is 8.87. The van der Waals surface area contributed by atoms with Gasteiger partial charge in [-0.25, -0.2) is 0 Å². The lowest BCUT2D eigenvalue weighted by molar-refractivity contribution is 1.03. The van der Waals surface area contributed by atoms with E-state index < -0.39 is 0 Å². The van der Waals surface area contributed by atoms with Crippen molar-refractivity contribution in [3.8, 4) is 0 Å². The predicted molar refractivity (Wildman–Crippen MR) is 55.6 cm³/mol. The molecular weight excluding hydrogens is 236 g/mol. The van der Waals surface area contributed by atoms with E-state index >= 15 is 0 Å². The van der Waals surface area contributed by atoms with E-state index in [4.69, 9.17) is 0 Å². The molecule has 1 aromatic carbocycles. The molecule has 4 heteroatoms. The van der Waals surface area contributed by atoms with Crippen molar-refractivity contribution in [3.63, 3.8) is 0 Å². The van der Waals surface area contributed by atoms with Crippen molar-refractivity contribution in [1.82, 2.24) is 10.2 Å². The van der Waals surface area contributed by atoms with Crippen LogP contribution >= 0.6 is 27.7 Å². The van der Waals surface area contributed by atoms with E-state index in [0.29, 0.717) is 0 Å². The summed E-state index contributed by atoms with van der Waals surface area (Å²) in [6, 6.07) is 6.10. The van der Waals surface area contributed by atoms with Crippen LogP contribution in [-0.2, 0) is 0 Å². The number of hydrogen-bond acceptors (Lipinski definition) is 2. The van der Waals surface area contributed by atoms with E-state index in [2.05, 4.69) is 32.2 Å². The third-order valence-corrected chi connectivity index (χ3v) is 2.87. The van der Waals surface area contributed by atoms with Crippen molar-refractivity contribution in [1.29, 1.82) is 0 Å². The molecule has 2 nitrogen and oxygen atoms in total. The highest BCUT2D eigenvalue weighted by molar-refractivity contribution is 9.10. The number of halogens is 1. The number of nitrogens with zero attached hydrogens (tertiary/aromatic N) is 1. The first-order valence-corrected chi connectivity index (χ1v) is 5.50. The molecule has 2 rings (SSSR count). The third-order valence-electron chi connectivity index (χ3n) is 1.68. The minimum absolute atomic E-state index is 1.05. The summed E-state index contributed by atoms with van der Waals surface area (Å²) in [6.45, 7) is 0. The summed E-state index contributed by atoms with van der Waals surface area (Å²) < 4.78 is 1.09.